The van der Waals surface area contributed by atoms with E-state index in [1.165, 1.54) is 33.5 Å². The quantitative estimate of drug-likeness (QED) is 0.595. The van der Waals surface area contributed by atoms with E-state index in [9.17, 15) is 13.2 Å². The third-order valence-corrected chi connectivity index (χ3v) is 6.98. The molecule has 0 bridgehead atoms. The highest BCUT2D eigenvalue weighted by atomic mass is 35.5. The van der Waals surface area contributed by atoms with Crippen LogP contribution in [0.3, 0.4) is 0 Å². The van der Waals surface area contributed by atoms with Crippen molar-refractivity contribution in [3.8, 4) is 5.69 Å². The van der Waals surface area contributed by atoms with Gasteiger partial charge in [0.25, 0.3) is 5.91 Å². The van der Waals surface area contributed by atoms with Crippen molar-refractivity contribution in [1.29, 1.82) is 0 Å². The molecule has 0 aliphatic rings. The summed E-state index contributed by atoms with van der Waals surface area (Å²) in [5, 5.41) is 14.0. The van der Waals surface area contributed by atoms with Crippen molar-refractivity contribution in [1.82, 2.24) is 24.5 Å². The Hall–Kier alpha value is -2.82. The van der Waals surface area contributed by atoms with E-state index in [-0.39, 0.29) is 15.5 Å². The molecular weight excluding hydrogens is 428 g/mol. The van der Waals surface area contributed by atoms with Gasteiger partial charge < -0.3 is 5.32 Å². The lowest BCUT2D eigenvalue weighted by Gasteiger charge is -2.19. The van der Waals surface area contributed by atoms with E-state index >= 15 is 0 Å². The van der Waals surface area contributed by atoms with Crippen LogP contribution in [0.4, 0.5) is 5.69 Å². The number of nitrogens with zero attached hydrogens (tertiary/aromatic N) is 5. The molecule has 0 unspecified atom stereocenters. The summed E-state index contributed by atoms with van der Waals surface area (Å²) in [5.41, 5.74) is 2.06. The van der Waals surface area contributed by atoms with Gasteiger partial charge in [-0.2, -0.15) is 4.31 Å². The molecule has 1 N–H and O–H groups in total. The molecule has 3 aromatic rings. The molecule has 0 aliphatic carbocycles. The molecule has 3 rings (SSSR count). The Balaban J connectivity index is 1.94. The summed E-state index contributed by atoms with van der Waals surface area (Å²) in [6.07, 6.45) is 1.44. The first-order valence-corrected chi connectivity index (χ1v) is 11.0. The highest BCUT2D eigenvalue weighted by Gasteiger charge is 2.24. The summed E-state index contributed by atoms with van der Waals surface area (Å²) >= 11 is 6.21. The number of carbonyl (C=O) groups is 1. The van der Waals surface area contributed by atoms with Crippen molar-refractivity contribution in [2.45, 2.75) is 25.7 Å². The number of nitrogens with one attached hydrogen (secondary N) is 1. The van der Waals surface area contributed by atoms with Crippen LogP contribution < -0.4 is 5.32 Å². The predicted molar refractivity (Wildman–Crippen MR) is 113 cm³/mol. The maximum absolute atomic E-state index is 12.9. The van der Waals surface area contributed by atoms with Crippen LogP contribution >= 0.6 is 11.6 Å². The van der Waals surface area contributed by atoms with Gasteiger partial charge in [0.2, 0.25) is 10.0 Å². The number of benzene rings is 2. The summed E-state index contributed by atoms with van der Waals surface area (Å²) in [7, 11) is -3.72. The summed E-state index contributed by atoms with van der Waals surface area (Å²) in [6.45, 7) is 6.00. The highest BCUT2D eigenvalue weighted by molar-refractivity contribution is 7.89. The molecule has 11 heteroatoms. The lowest BCUT2D eigenvalue weighted by molar-refractivity contribution is 0.102. The smallest absolute Gasteiger partial charge is 0.257 e. The van der Waals surface area contributed by atoms with E-state index in [1.54, 1.807) is 19.9 Å². The Kier molecular flexibility index (Phi) is 6.49. The van der Waals surface area contributed by atoms with Crippen molar-refractivity contribution in [2.75, 3.05) is 18.4 Å². The monoisotopic (exact) mass is 448 g/mol. The lowest BCUT2D eigenvalue weighted by Crippen LogP contribution is -2.30. The van der Waals surface area contributed by atoms with Gasteiger partial charge in [-0.25, -0.2) is 13.1 Å². The van der Waals surface area contributed by atoms with Crippen LogP contribution in [0.5, 0.6) is 0 Å². The topological polar surface area (TPSA) is 110 Å². The summed E-state index contributed by atoms with van der Waals surface area (Å²) in [6, 6.07) is 9.45. The number of sulfonamides is 1. The van der Waals surface area contributed by atoms with Crippen LogP contribution in [-0.4, -0.2) is 51.9 Å². The zero-order chi connectivity index (χ0) is 21.9. The molecule has 0 saturated heterocycles. The van der Waals surface area contributed by atoms with E-state index in [0.717, 1.165) is 5.56 Å². The zero-order valence-electron chi connectivity index (χ0n) is 16.7. The standard InChI is InChI=1S/C19H21ClN6O3S/c1-4-25(5-2)30(28,29)15-8-9-17(20)16(11-15)19(27)22-18-10-14(7-6-13(18)3)26-12-21-23-24-26/h6-12H,4-5H2,1-3H3,(H,22,27). The maximum Gasteiger partial charge on any atom is 0.257 e. The van der Waals surface area contributed by atoms with Crippen molar-refractivity contribution < 1.29 is 13.2 Å². The number of amides is 1. The molecule has 1 amide bonds. The first kappa shape index (κ1) is 21.9. The summed E-state index contributed by atoms with van der Waals surface area (Å²) in [5.74, 6) is -0.520. The predicted octanol–water partition coefficient (Wildman–Crippen LogP) is 2.91. The molecule has 0 atom stereocenters. The molecule has 30 heavy (non-hydrogen) atoms. The third-order valence-electron chi connectivity index (χ3n) is 4.61. The Bertz CT molecular complexity index is 1160. The van der Waals surface area contributed by atoms with Crippen LogP contribution in [-0.2, 0) is 10.0 Å². The minimum Gasteiger partial charge on any atom is -0.322 e. The van der Waals surface area contributed by atoms with Crippen LogP contribution in [0, 0.1) is 6.92 Å². The van der Waals surface area contributed by atoms with Gasteiger partial charge in [0.1, 0.15) is 6.33 Å². The molecule has 0 fully saturated rings. The number of aryl methyl sites for hydroxylation is 1. The summed E-state index contributed by atoms with van der Waals surface area (Å²) < 4.78 is 28.4. The number of hydrogen-bond donors (Lipinski definition) is 1. The number of rotatable bonds is 7. The second kappa shape index (κ2) is 8.90. The fourth-order valence-electron chi connectivity index (χ4n) is 2.91. The molecule has 1 heterocycles. The van der Waals surface area contributed by atoms with Crippen LogP contribution in [0.1, 0.15) is 29.8 Å². The van der Waals surface area contributed by atoms with Crippen LogP contribution in [0.15, 0.2) is 47.6 Å². The van der Waals surface area contributed by atoms with Gasteiger partial charge in [-0.05, 0) is 53.2 Å². The number of hydrogen-bond acceptors (Lipinski definition) is 6. The number of anilines is 1. The maximum atomic E-state index is 12.9. The Morgan fingerprint density at radius 3 is 2.53 bits per heavy atom. The van der Waals surface area contributed by atoms with Gasteiger partial charge in [0.15, 0.2) is 0 Å². The fraction of sp³-hybridized carbons (Fsp3) is 0.263. The molecule has 2 aromatic carbocycles. The molecule has 0 spiro atoms. The molecule has 0 radical (unpaired) electrons. The van der Waals surface area contributed by atoms with Crippen LogP contribution in [0.2, 0.25) is 5.02 Å². The van der Waals surface area contributed by atoms with Gasteiger partial charge >= 0.3 is 0 Å². The van der Waals surface area contributed by atoms with E-state index in [2.05, 4.69) is 20.8 Å². The number of carbonyl (C=O) groups excluding carboxylic acids is 1. The fourth-order valence-corrected chi connectivity index (χ4v) is 4.60. The van der Waals surface area contributed by atoms with Crippen LogP contribution in [0.25, 0.3) is 5.69 Å². The Morgan fingerprint density at radius 2 is 1.90 bits per heavy atom. The molecule has 1 aromatic heterocycles. The second-order valence-electron chi connectivity index (χ2n) is 6.44. The lowest BCUT2D eigenvalue weighted by atomic mass is 10.1. The minimum atomic E-state index is -3.72. The Labute approximate surface area is 179 Å². The Morgan fingerprint density at radius 1 is 1.17 bits per heavy atom. The normalized spacial score (nSPS) is 11.6. The van der Waals surface area contributed by atoms with Gasteiger partial charge in [0, 0.05) is 18.8 Å². The number of halogens is 1. The average Bonchev–Trinajstić information content (AvgIpc) is 3.25. The first-order valence-electron chi connectivity index (χ1n) is 9.23. The van der Waals surface area contributed by atoms with Gasteiger partial charge in [-0.3, -0.25) is 4.79 Å². The van der Waals surface area contributed by atoms with E-state index in [4.69, 9.17) is 11.6 Å². The van der Waals surface area contributed by atoms with Crippen molar-refractivity contribution in [3.05, 3.63) is 58.9 Å². The first-order chi connectivity index (χ1) is 14.3. The van der Waals surface area contributed by atoms with Crippen molar-refractivity contribution >= 4 is 33.2 Å². The van der Waals surface area contributed by atoms with Crippen molar-refractivity contribution in [3.63, 3.8) is 0 Å². The molecule has 0 aliphatic heterocycles. The molecule has 158 valence electrons. The minimum absolute atomic E-state index is 0.0138. The van der Waals surface area contributed by atoms with Crippen molar-refractivity contribution in [2.24, 2.45) is 0 Å². The van der Waals surface area contributed by atoms with Gasteiger partial charge in [0.05, 0.1) is 21.2 Å². The van der Waals surface area contributed by atoms with E-state index < -0.39 is 15.9 Å². The van der Waals surface area contributed by atoms with E-state index in [1.807, 2.05) is 19.1 Å². The SMILES string of the molecule is CCN(CC)S(=O)(=O)c1ccc(Cl)c(C(=O)Nc2cc(-n3cnnn3)ccc2C)c1. The van der Waals surface area contributed by atoms with Gasteiger partial charge in [-0.1, -0.05) is 31.5 Å². The molecule has 9 nitrogen and oxygen atoms in total. The number of aromatic nitrogens is 4. The zero-order valence-corrected chi connectivity index (χ0v) is 18.3. The average molecular weight is 449 g/mol. The molecule has 0 saturated carbocycles. The largest absolute Gasteiger partial charge is 0.322 e. The van der Waals surface area contributed by atoms with E-state index in [0.29, 0.717) is 24.5 Å². The second-order valence-corrected chi connectivity index (χ2v) is 8.78. The molecular formula is C19H21ClN6O3S. The van der Waals surface area contributed by atoms with Gasteiger partial charge in [-0.15, -0.1) is 5.10 Å². The highest BCUT2D eigenvalue weighted by Crippen LogP contribution is 2.25. The summed E-state index contributed by atoms with van der Waals surface area (Å²) in [4.78, 5) is 12.9. The third kappa shape index (κ3) is 4.35. The number of tetrazole rings is 1.